The standard InChI is InChI=1S/C14H11Cl2F5N8/c1-6(17)4-26(29(20)21)28(22)13-11(10-8(15)2-7(18)3-9(10)19)12(16)25-14-23-5-24-27(13)14/h2-3,5-6H,4,22H2,1H3. The van der Waals surface area contributed by atoms with Gasteiger partial charge in [0.25, 0.3) is 5.78 Å². The van der Waals surface area contributed by atoms with Crippen LogP contribution in [0.5, 0.6) is 0 Å². The molecule has 2 N–H and O–H groups in total. The zero-order valence-electron chi connectivity index (χ0n) is 14.4. The van der Waals surface area contributed by atoms with E-state index in [-0.39, 0.29) is 16.0 Å². The molecule has 0 saturated heterocycles. The van der Waals surface area contributed by atoms with Crippen molar-refractivity contribution in [1.82, 2.24) is 30.2 Å². The van der Waals surface area contributed by atoms with E-state index in [1.807, 2.05) is 0 Å². The van der Waals surface area contributed by atoms with Crippen LogP contribution in [0.25, 0.3) is 16.9 Å². The van der Waals surface area contributed by atoms with Crippen LogP contribution in [0.2, 0.25) is 10.2 Å². The average Bonchev–Trinajstić information content (AvgIpc) is 3.05. The van der Waals surface area contributed by atoms with Crippen molar-refractivity contribution in [2.75, 3.05) is 11.7 Å². The maximum Gasteiger partial charge on any atom is 0.255 e. The van der Waals surface area contributed by atoms with Gasteiger partial charge in [-0.15, -0.1) is 0 Å². The van der Waals surface area contributed by atoms with Gasteiger partial charge in [-0.05, 0) is 13.0 Å². The maximum atomic E-state index is 14.6. The number of hydrazine groups is 3. The molecule has 3 rings (SSSR count). The molecule has 2 aromatic heterocycles. The smallest absolute Gasteiger partial charge is 0.246 e. The third-order valence-corrected chi connectivity index (χ3v) is 4.24. The van der Waals surface area contributed by atoms with E-state index in [1.54, 1.807) is 0 Å². The topological polar surface area (TPSA) is 78.8 Å². The van der Waals surface area contributed by atoms with Crippen LogP contribution >= 0.6 is 23.2 Å². The van der Waals surface area contributed by atoms with Gasteiger partial charge in [-0.1, -0.05) is 37.3 Å². The lowest BCUT2D eigenvalue weighted by Crippen LogP contribution is -2.54. The van der Waals surface area contributed by atoms with Crippen LogP contribution in [0.15, 0.2) is 18.5 Å². The van der Waals surface area contributed by atoms with Gasteiger partial charge in [0.05, 0.1) is 17.1 Å². The molecule has 0 bridgehead atoms. The predicted octanol–water partition coefficient (Wildman–Crippen LogP) is 3.62. The molecule has 3 aromatic rings. The quantitative estimate of drug-likeness (QED) is 0.199. The summed E-state index contributed by atoms with van der Waals surface area (Å²) in [6.45, 7) is 0.130. The highest BCUT2D eigenvalue weighted by atomic mass is 35.5. The summed E-state index contributed by atoms with van der Waals surface area (Å²) < 4.78 is 69.1. The zero-order chi connectivity index (χ0) is 21.5. The molecule has 0 amide bonds. The van der Waals surface area contributed by atoms with Crippen LogP contribution in [-0.4, -0.2) is 42.9 Å². The molecule has 8 nitrogen and oxygen atoms in total. The molecule has 15 heteroatoms. The van der Waals surface area contributed by atoms with Gasteiger partial charge in [0.2, 0.25) is 0 Å². The van der Waals surface area contributed by atoms with Gasteiger partial charge < -0.3 is 0 Å². The van der Waals surface area contributed by atoms with E-state index in [1.165, 1.54) is 0 Å². The first-order chi connectivity index (χ1) is 13.6. The SMILES string of the molecule is CC(F)CN(N(F)F)N(N)c1c(-c2c(F)cc(F)cc2Cl)c(Cl)nc2ncnn12. The van der Waals surface area contributed by atoms with Gasteiger partial charge in [-0.2, -0.15) is 19.6 Å². The fourth-order valence-corrected chi connectivity index (χ4v) is 3.11. The number of nitrogens with zero attached hydrogens (tertiary/aromatic N) is 7. The third-order valence-electron chi connectivity index (χ3n) is 3.67. The molecular weight excluding hydrogens is 446 g/mol. The maximum absolute atomic E-state index is 14.6. The Morgan fingerprint density at radius 1 is 1.21 bits per heavy atom. The third kappa shape index (κ3) is 4.04. The summed E-state index contributed by atoms with van der Waals surface area (Å²) in [5.74, 6) is 2.99. The Bertz CT molecular complexity index is 1020. The molecular formula is C14H11Cl2F5N8. The van der Waals surface area contributed by atoms with E-state index in [0.717, 1.165) is 23.8 Å². The Kier molecular flexibility index (Phi) is 6.05. The second kappa shape index (κ2) is 8.20. The number of anilines is 1. The molecule has 0 fully saturated rings. The van der Waals surface area contributed by atoms with Gasteiger partial charge in [0.15, 0.2) is 5.82 Å². The van der Waals surface area contributed by atoms with Crippen molar-refractivity contribution in [2.45, 2.75) is 13.1 Å². The monoisotopic (exact) mass is 456 g/mol. The Morgan fingerprint density at radius 3 is 2.48 bits per heavy atom. The van der Waals surface area contributed by atoms with E-state index in [2.05, 4.69) is 15.1 Å². The fraction of sp³-hybridized carbons (Fsp3) is 0.214. The molecule has 0 aliphatic heterocycles. The van der Waals surface area contributed by atoms with Crippen molar-refractivity contribution in [3.05, 3.63) is 40.3 Å². The van der Waals surface area contributed by atoms with Crippen LogP contribution in [0.4, 0.5) is 28.0 Å². The van der Waals surface area contributed by atoms with E-state index in [0.29, 0.717) is 6.07 Å². The Balaban J connectivity index is 2.34. The number of benzene rings is 1. The number of hydrogen-bond donors (Lipinski definition) is 1. The van der Waals surface area contributed by atoms with Crippen molar-refractivity contribution < 1.29 is 22.1 Å². The molecule has 29 heavy (non-hydrogen) atoms. The fourth-order valence-electron chi connectivity index (χ4n) is 2.57. The Hall–Kier alpha value is -2.32. The lowest BCUT2D eigenvalue weighted by molar-refractivity contribution is -0.309. The molecule has 156 valence electrons. The molecule has 1 atom stereocenters. The first-order valence-corrected chi connectivity index (χ1v) is 8.49. The van der Waals surface area contributed by atoms with E-state index >= 15 is 0 Å². The highest BCUT2D eigenvalue weighted by Gasteiger charge is 2.32. The highest BCUT2D eigenvalue weighted by molar-refractivity contribution is 6.36. The molecule has 1 aromatic carbocycles. The second-order valence-electron chi connectivity index (χ2n) is 5.71. The van der Waals surface area contributed by atoms with E-state index in [4.69, 9.17) is 29.0 Å². The van der Waals surface area contributed by atoms with Crippen LogP contribution in [0.1, 0.15) is 6.92 Å². The number of alkyl halides is 1. The Morgan fingerprint density at radius 2 is 1.90 bits per heavy atom. The summed E-state index contributed by atoms with van der Waals surface area (Å²) in [5, 5.41) is 3.19. The number of rotatable bonds is 6. The molecule has 2 heterocycles. The summed E-state index contributed by atoms with van der Waals surface area (Å²) >= 11 is 12.1. The lowest BCUT2D eigenvalue weighted by atomic mass is 10.1. The zero-order valence-corrected chi connectivity index (χ0v) is 15.9. The van der Waals surface area contributed by atoms with E-state index in [9.17, 15) is 22.1 Å². The summed E-state index contributed by atoms with van der Waals surface area (Å²) in [6, 6.07) is 1.29. The molecule has 0 radical (unpaired) electrons. The average molecular weight is 457 g/mol. The summed E-state index contributed by atoms with van der Waals surface area (Å²) in [4.78, 5) is 7.66. The van der Waals surface area contributed by atoms with Gasteiger partial charge in [-0.3, -0.25) is 0 Å². The molecule has 0 aliphatic carbocycles. The molecule has 1 unspecified atom stereocenters. The largest absolute Gasteiger partial charge is 0.255 e. The van der Waals surface area contributed by atoms with Crippen molar-refractivity contribution in [1.29, 1.82) is 0 Å². The minimum Gasteiger partial charge on any atom is -0.246 e. The molecule has 0 aliphatic rings. The summed E-state index contributed by atoms with van der Waals surface area (Å²) in [6.07, 6.45) is -0.735. The first-order valence-electron chi connectivity index (χ1n) is 7.73. The number of nitrogens with two attached hydrogens (primary N) is 1. The predicted molar refractivity (Wildman–Crippen MR) is 94.2 cm³/mol. The van der Waals surface area contributed by atoms with Gasteiger partial charge in [-0.25, -0.2) is 24.1 Å². The van der Waals surface area contributed by atoms with Crippen molar-refractivity contribution in [3.8, 4) is 11.1 Å². The van der Waals surface area contributed by atoms with Crippen LogP contribution in [0.3, 0.4) is 0 Å². The van der Waals surface area contributed by atoms with Crippen LogP contribution in [0, 0.1) is 11.6 Å². The Labute approximate surface area is 169 Å². The van der Waals surface area contributed by atoms with Gasteiger partial charge >= 0.3 is 0 Å². The first kappa shape index (κ1) is 21.4. The van der Waals surface area contributed by atoms with Crippen molar-refractivity contribution in [2.24, 2.45) is 5.84 Å². The van der Waals surface area contributed by atoms with E-state index < -0.39 is 56.9 Å². The van der Waals surface area contributed by atoms with Crippen molar-refractivity contribution in [3.63, 3.8) is 0 Å². The second-order valence-corrected chi connectivity index (χ2v) is 6.48. The number of halogens is 7. The highest BCUT2D eigenvalue weighted by Crippen LogP contribution is 2.41. The lowest BCUT2D eigenvalue weighted by Gasteiger charge is -2.32. The van der Waals surface area contributed by atoms with Gasteiger partial charge in [0, 0.05) is 11.6 Å². The summed E-state index contributed by atoms with van der Waals surface area (Å²) in [7, 11) is 0. The molecule has 0 spiro atoms. The molecule has 0 saturated carbocycles. The minimum atomic E-state index is -1.74. The van der Waals surface area contributed by atoms with Crippen LogP contribution < -0.4 is 11.0 Å². The summed E-state index contributed by atoms with van der Waals surface area (Å²) in [5.41, 5.74) is -2.36. The minimum absolute atomic E-state index is 0.00369. The van der Waals surface area contributed by atoms with Crippen molar-refractivity contribution >= 4 is 34.8 Å². The number of hydrogen-bond acceptors (Lipinski definition) is 7. The number of aromatic nitrogens is 4. The van der Waals surface area contributed by atoms with Gasteiger partial charge in [0.1, 0.15) is 34.7 Å². The normalized spacial score (nSPS) is 12.9. The number of fused-ring (bicyclic) bond motifs is 1. The van der Waals surface area contributed by atoms with Crippen LogP contribution in [-0.2, 0) is 0 Å².